The zero-order valence-corrected chi connectivity index (χ0v) is 15.7. The van der Waals surface area contributed by atoms with Gasteiger partial charge in [0.05, 0.1) is 0 Å². The molecule has 0 rings (SSSR count). The summed E-state index contributed by atoms with van der Waals surface area (Å²) in [6, 6.07) is -0.981. The molecule has 0 aliphatic carbocycles. The number of nitrogens with zero attached hydrogens (tertiary/aromatic N) is 1. The molecule has 8 heteroatoms. The van der Waals surface area contributed by atoms with Gasteiger partial charge >= 0.3 is 11.9 Å². The standard InChI is InChI=1S/C15H26N2O4S2/c1-12(14(18)20-8-10-22-3)16-6-5-7-17-13(2)15(19)21-9-11-23-4/h5-7,12-13,16H,8-11H2,1-4H3/b6-5+,17-7?/t12-,13-/m0/s1. The third-order valence-corrected chi connectivity index (χ3v) is 3.75. The first kappa shape index (κ1) is 21.9. The first-order valence-electron chi connectivity index (χ1n) is 7.28. The van der Waals surface area contributed by atoms with E-state index in [1.807, 2.05) is 12.5 Å². The lowest BCUT2D eigenvalue weighted by Gasteiger charge is -2.10. The fourth-order valence-corrected chi connectivity index (χ4v) is 1.75. The molecule has 0 saturated carbocycles. The molecule has 0 unspecified atom stereocenters. The second kappa shape index (κ2) is 14.4. The van der Waals surface area contributed by atoms with Crippen LogP contribution in [0.15, 0.2) is 17.3 Å². The molecule has 23 heavy (non-hydrogen) atoms. The number of rotatable bonds is 12. The van der Waals surface area contributed by atoms with Crippen LogP contribution < -0.4 is 5.32 Å². The molecule has 1 N–H and O–H groups in total. The topological polar surface area (TPSA) is 77.0 Å². The van der Waals surface area contributed by atoms with Crippen molar-refractivity contribution in [2.24, 2.45) is 4.99 Å². The largest absolute Gasteiger partial charge is 0.463 e. The zero-order chi connectivity index (χ0) is 17.5. The highest BCUT2D eigenvalue weighted by molar-refractivity contribution is 7.98. The Labute approximate surface area is 146 Å². The molecule has 2 atom stereocenters. The second-order valence-electron chi connectivity index (χ2n) is 4.54. The lowest BCUT2D eigenvalue weighted by Crippen LogP contribution is -2.32. The Bertz CT molecular complexity index is 403. The van der Waals surface area contributed by atoms with E-state index in [1.165, 1.54) is 6.21 Å². The second-order valence-corrected chi connectivity index (χ2v) is 6.51. The van der Waals surface area contributed by atoms with Crippen molar-refractivity contribution in [3.8, 4) is 0 Å². The Morgan fingerprint density at radius 3 is 2.22 bits per heavy atom. The van der Waals surface area contributed by atoms with Crippen LogP contribution in [0, 0.1) is 0 Å². The first-order chi connectivity index (χ1) is 11.0. The van der Waals surface area contributed by atoms with E-state index in [2.05, 4.69) is 10.3 Å². The van der Waals surface area contributed by atoms with Gasteiger partial charge in [-0.25, -0.2) is 9.59 Å². The van der Waals surface area contributed by atoms with E-state index in [4.69, 9.17) is 9.47 Å². The maximum Gasteiger partial charge on any atom is 0.330 e. The summed E-state index contributed by atoms with van der Waals surface area (Å²) >= 11 is 3.24. The van der Waals surface area contributed by atoms with Crippen molar-refractivity contribution in [3.63, 3.8) is 0 Å². The number of thioether (sulfide) groups is 2. The summed E-state index contributed by atoms with van der Waals surface area (Å²) in [7, 11) is 0. The quantitative estimate of drug-likeness (QED) is 0.322. The van der Waals surface area contributed by atoms with Gasteiger partial charge in [0.1, 0.15) is 25.3 Å². The predicted octanol–water partition coefficient (Wildman–Crippen LogP) is 1.75. The van der Waals surface area contributed by atoms with E-state index in [0.29, 0.717) is 13.2 Å². The fourth-order valence-electron chi connectivity index (χ4n) is 1.25. The van der Waals surface area contributed by atoms with Gasteiger partial charge in [0.25, 0.3) is 0 Å². The lowest BCUT2D eigenvalue weighted by atomic mass is 10.3. The molecule has 0 aliphatic heterocycles. The summed E-state index contributed by atoms with van der Waals surface area (Å²) < 4.78 is 10.1. The van der Waals surface area contributed by atoms with Gasteiger partial charge in [-0.3, -0.25) is 4.99 Å². The smallest absolute Gasteiger partial charge is 0.330 e. The van der Waals surface area contributed by atoms with Crippen molar-refractivity contribution < 1.29 is 19.1 Å². The summed E-state index contributed by atoms with van der Waals surface area (Å²) in [4.78, 5) is 27.2. The van der Waals surface area contributed by atoms with Crippen molar-refractivity contribution in [2.45, 2.75) is 25.9 Å². The van der Waals surface area contributed by atoms with Crippen LogP contribution in [-0.4, -0.2) is 67.5 Å². The number of nitrogens with one attached hydrogen (secondary N) is 1. The Morgan fingerprint density at radius 2 is 1.65 bits per heavy atom. The van der Waals surface area contributed by atoms with E-state index in [-0.39, 0.29) is 11.9 Å². The minimum atomic E-state index is -0.546. The third-order valence-electron chi connectivity index (χ3n) is 2.60. The van der Waals surface area contributed by atoms with E-state index in [1.54, 1.807) is 49.6 Å². The number of ether oxygens (including phenoxy) is 2. The fraction of sp³-hybridized carbons (Fsp3) is 0.667. The van der Waals surface area contributed by atoms with E-state index >= 15 is 0 Å². The minimum Gasteiger partial charge on any atom is -0.463 e. The first-order valence-corrected chi connectivity index (χ1v) is 10.1. The lowest BCUT2D eigenvalue weighted by molar-refractivity contribution is -0.145. The van der Waals surface area contributed by atoms with Gasteiger partial charge in [-0.1, -0.05) is 0 Å². The Hall–Kier alpha value is -1.15. The van der Waals surface area contributed by atoms with Crippen LogP contribution in [0.25, 0.3) is 0 Å². The van der Waals surface area contributed by atoms with Crippen molar-refractivity contribution in [1.29, 1.82) is 0 Å². The van der Waals surface area contributed by atoms with Gasteiger partial charge < -0.3 is 14.8 Å². The third kappa shape index (κ3) is 12.0. The van der Waals surface area contributed by atoms with E-state index < -0.39 is 12.1 Å². The molecule has 0 aromatic carbocycles. The van der Waals surface area contributed by atoms with E-state index in [9.17, 15) is 9.59 Å². The van der Waals surface area contributed by atoms with Crippen LogP contribution in [0.2, 0.25) is 0 Å². The average Bonchev–Trinajstić information content (AvgIpc) is 2.54. The summed E-state index contributed by atoms with van der Waals surface area (Å²) in [5.41, 5.74) is 0. The molecular weight excluding hydrogens is 336 g/mol. The molecule has 0 saturated heterocycles. The maximum atomic E-state index is 11.6. The van der Waals surface area contributed by atoms with Gasteiger partial charge in [-0.2, -0.15) is 23.5 Å². The van der Waals surface area contributed by atoms with Gasteiger partial charge in [-0.15, -0.1) is 0 Å². The van der Waals surface area contributed by atoms with Crippen LogP contribution in [0.4, 0.5) is 0 Å². The van der Waals surface area contributed by atoms with Gasteiger partial charge in [0.15, 0.2) is 0 Å². The Balaban J connectivity index is 3.98. The normalized spacial score (nSPS) is 13.9. The number of carbonyl (C=O) groups is 2. The highest BCUT2D eigenvalue weighted by Gasteiger charge is 2.12. The van der Waals surface area contributed by atoms with Crippen LogP contribution in [0.5, 0.6) is 0 Å². The summed E-state index contributed by atoms with van der Waals surface area (Å²) in [5, 5.41) is 2.88. The number of esters is 2. The van der Waals surface area contributed by atoms with Crippen LogP contribution in [0.1, 0.15) is 13.8 Å². The van der Waals surface area contributed by atoms with Crippen LogP contribution in [0.3, 0.4) is 0 Å². The molecule has 0 amide bonds. The summed E-state index contributed by atoms with van der Waals surface area (Å²) in [6.07, 6.45) is 8.62. The Morgan fingerprint density at radius 1 is 1.09 bits per heavy atom. The van der Waals surface area contributed by atoms with Gasteiger partial charge in [0, 0.05) is 17.7 Å². The van der Waals surface area contributed by atoms with E-state index in [0.717, 1.165) is 11.5 Å². The summed E-state index contributed by atoms with van der Waals surface area (Å²) in [6.45, 7) is 4.19. The van der Waals surface area contributed by atoms with Crippen LogP contribution >= 0.6 is 23.5 Å². The van der Waals surface area contributed by atoms with Gasteiger partial charge in [0.2, 0.25) is 0 Å². The molecule has 0 radical (unpaired) electrons. The monoisotopic (exact) mass is 362 g/mol. The number of carbonyl (C=O) groups excluding carboxylic acids is 2. The Kier molecular flexibility index (Phi) is 13.7. The molecule has 0 aromatic heterocycles. The van der Waals surface area contributed by atoms with Crippen LogP contribution in [-0.2, 0) is 19.1 Å². The molecule has 6 nitrogen and oxygen atoms in total. The van der Waals surface area contributed by atoms with Gasteiger partial charge in [-0.05, 0) is 38.6 Å². The van der Waals surface area contributed by atoms with Crippen molar-refractivity contribution in [3.05, 3.63) is 12.3 Å². The average molecular weight is 363 g/mol. The number of allylic oxidation sites excluding steroid dienone is 1. The molecule has 132 valence electrons. The maximum absolute atomic E-state index is 11.6. The molecule has 0 heterocycles. The number of aliphatic imine (C=N–C) groups is 1. The molecule has 0 aromatic rings. The SMILES string of the molecule is CSCCOC(=O)[C@H](C)N=C/C=C/N[C@@H](C)C(=O)OCCSC. The number of hydrogen-bond donors (Lipinski definition) is 1. The predicted molar refractivity (Wildman–Crippen MR) is 98.4 cm³/mol. The molecule has 0 fully saturated rings. The van der Waals surface area contributed by atoms with Crippen molar-refractivity contribution in [2.75, 3.05) is 37.2 Å². The molecule has 0 spiro atoms. The summed E-state index contributed by atoms with van der Waals surface area (Å²) in [5.74, 6) is 0.914. The zero-order valence-electron chi connectivity index (χ0n) is 14.1. The number of hydrogen-bond acceptors (Lipinski definition) is 8. The highest BCUT2D eigenvalue weighted by Crippen LogP contribution is 1.97. The molecule has 0 aliphatic rings. The highest BCUT2D eigenvalue weighted by atomic mass is 32.2. The van der Waals surface area contributed by atoms with Crippen molar-refractivity contribution in [1.82, 2.24) is 5.32 Å². The minimum absolute atomic E-state index is 0.300. The molecular formula is C15H26N2O4S2. The van der Waals surface area contributed by atoms with Crippen molar-refractivity contribution >= 4 is 41.7 Å². The molecule has 0 bridgehead atoms.